The SMILES string of the molecule is CC[C@@H](C)C(=O)Nc1cccc(C[S@](=O)Cc2ccccc2)c1. The minimum Gasteiger partial charge on any atom is -0.326 e. The Balaban J connectivity index is 1.97. The zero-order valence-corrected chi connectivity index (χ0v) is 14.4. The van der Waals surface area contributed by atoms with Crippen LogP contribution in [0, 0.1) is 5.92 Å². The largest absolute Gasteiger partial charge is 0.326 e. The first kappa shape index (κ1) is 17.4. The third-order valence-corrected chi connectivity index (χ3v) is 5.06. The van der Waals surface area contributed by atoms with Crippen LogP contribution in [0.1, 0.15) is 31.4 Å². The summed E-state index contributed by atoms with van der Waals surface area (Å²) in [5, 5.41) is 2.92. The van der Waals surface area contributed by atoms with Crippen LogP contribution in [0.15, 0.2) is 54.6 Å². The fraction of sp³-hybridized carbons (Fsp3) is 0.316. The Bertz CT molecular complexity index is 670. The predicted octanol–water partition coefficient (Wildman–Crippen LogP) is 4.12. The third kappa shape index (κ3) is 5.64. The first-order valence-corrected chi connectivity index (χ1v) is 9.36. The van der Waals surface area contributed by atoms with Crippen molar-refractivity contribution in [3.63, 3.8) is 0 Å². The van der Waals surface area contributed by atoms with E-state index in [1.807, 2.05) is 68.4 Å². The smallest absolute Gasteiger partial charge is 0.227 e. The molecule has 122 valence electrons. The molecule has 0 aliphatic heterocycles. The average molecular weight is 329 g/mol. The maximum Gasteiger partial charge on any atom is 0.227 e. The summed E-state index contributed by atoms with van der Waals surface area (Å²) in [6.07, 6.45) is 0.812. The first-order chi connectivity index (χ1) is 11.1. The fourth-order valence-corrected chi connectivity index (χ4v) is 3.40. The summed E-state index contributed by atoms with van der Waals surface area (Å²) in [6, 6.07) is 17.4. The molecule has 0 saturated heterocycles. The van der Waals surface area contributed by atoms with E-state index in [0.717, 1.165) is 23.2 Å². The van der Waals surface area contributed by atoms with Crippen LogP contribution in [0.25, 0.3) is 0 Å². The van der Waals surface area contributed by atoms with Crippen LogP contribution in [-0.2, 0) is 27.1 Å². The van der Waals surface area contributed by atoms with Crippen molar-refractivity contribution in [1.82, 2.24) is 0 Å². The van der Waals surface area contributed by atoms with E-state index in [1.165, 1.54) is 0 Å². The topological polar surface area (TPSA) is 46.2 Å². The van der Waals surface area contributed by atoms with E-state index in [4.69, 9.17) is 0 Å². The number of hydrogen-bond acceptors (Lipinski definition) is 2. The van der Waals surface area contributed by atoms with Gasteiger partial charge in [0.2, 0.25) is 5.91 Å². The molecule has 0 saturated carbocycles. The van der Waals surface area contributed by atoms with Gasteiger partial charge in [0.25, 0.3) is 0 Å². The number of nitrogens with one attached hydrogen (secondary N) is 1. The summed E-state index contributed by atoms with van der Waals surface area (Å²) in [5.41, 5.74) is 2.82. The van der Waals surface area contributed by atoms with E-state index in [9.17, 15) is 9.00 Å². The summed E-state index contributed by atoms with van der Waals surface area (Å²) in [7, 11) is -0.966. The number of carbonyl (C=O) groups is 1. The van der Waals surface area contributed by atoms with Gasteiger partial charge >= 0.3 is 0 Å². The molecule has 1 amide bonds. The zero-order chi connectivity index (χ0) is 16.7. The molecule has 0 bridgehead atoms. The van der Waals surface area contributed by atoms with E-state index < -0.39 is 10.8 Å². The molecule has 0 aromatic heterocycles. The molecule has 0 aliphatic carbocycles. The second-order valence-electron chi connectivity index (χ2n) is 5.71. The lowest BCUT2D eigenvalue weighted by atomic mass is 10.1. The maximum absolute atomic E-state index is 12.3. The summed E-state index contributed by atoms with van der Waals surface area (Å²) in [5.74, 6) is 1.05. The van der Waals surface area contributed by atoms with Gasteiger partial charge in [-0.1, -0.05) is 56.3 Å². The molecule has 4 heteroatoms. The van der Waals surface area contributed by atoms with Crippen LogP contribution in [-0.4, -0.2) is 10.1 Å². The Hall–Kier alpha value is -1.94. The number of rotatable bonds is 7. The van der Waals surface area contributed by atoms with Gasteiger partial charge in [-0.05, 0) is 29.7 Å². The molecule has 0 heterocycles. The molecule has 0 radical (unpaired) electrons. The highest BCUT2D eigenvalue weighted by Crippen LogP contribution is 2.15. The molecular weight excluding hydrogens is 306 g/mol. The van der Waals surface area contributed by atoms with Crippen molar-refractivity contribution >= 4 is 22.4 Å². The number of hydrogen-bond donors (Lipinski definition) is 1. The first-order valence-electron chi connectivity index (χ1n) is 7.87. The van der Waals surface area contributed by atoms with Gasteiger partial charge in [0.05, 0.1) is 0 Å². The molecule has 2 aromatic carbocycles. The molecule has 0 unspecified atom stereocenters. The molecule has 1 N–H and O–H groups in total. The minimum absolute atomic E-state index is 0.00845. The van der Waals surface area contributed by atoms with Gasteiger partial charge in [-0.2, -0.15) is 0 Å². The molecule has 2 aromatic rings. The lowest BCUT2D eigenvalue weighted by Gasteiger charge is -2.11. The molecule has 2 atom stereocenters. The third-order valence-electron chi connectivity index (χ3n) is 3.75. The molecule has 23 heavy (non-hydrogen) atoms. The highest BCUT2D eigenvalue weighted by Gasteiger charge is 2.11. The van der Waals surface area contributed by atoms with E-state index in [0.29, 0.717) is 11.5 Å². The molecule has 0 spiro atoms. The van der Waals surface area contributed by atoms with Crippen LogP contribution in [0.5, 0.6) is 0 Å². The Morgan fingerprint density at radius 2 is 1.70 bits per heavy atom. The van der Waals surface area contributed by atoms with Crippen molar-refractivity contribution in [2.45, 2.75) is 31.8 Å². The average Bonchev–Trinajstić information content (AvgIpc) is 2.55. The predicted molar refractivity (Wildman–Crippen MR) is 96.5 cm³/mol. The summed E-state index contributed by atoms with van der Waals surface area (Å²) in [4.78, 5) is 11.9. The highest BCUT2D eigenvalue weighted by atomic mass is 32.2. The van der Waals surface area contributed by atoms with Gasteiger partial charge < -0.3 is 5.32 Å². The van der Waals surface area contributed by atoms with Crippen LogP contribution >= 0.6 is 0 Å². The standard InChI is InChI=1S/C19H23NO2S/c1-3-15(2)19(21)20-18-11-7-10-17(12-18)14-23(22)13-16-8-5-4-6-9-16/h4-12,15H,3,13-14H2,1-2H3,(H,20,21)/t15-,23-/m1/s1. The second-order valence-corrected chi connectivity index (χ2v) is 7.17. The van der Waals surface area contributed by atoms with E-state index in [1.54, 1.807) is 0 Å². The van der Waals surface area contributed by atoms with Gasteiger partial charge in [0, 0.05) is 33.9 Å². The van der Waals surface area contributed by atoms with Crippen molar-refractivity contribution in [3.05, 3.63) is 65.7 Å². The summed E-state index contributed by atoms with van der Waals surface area (Å²) in [6.45, 7) is 3.90. The molecule has 3 nitrogen and oxygen atoms in total. The van der Waals surface area contributed by atoms with Crippen molar-refractivity contribution in [2.24, 2.45) is 5.92 Å². The number of benzene rings is 2. The number of amides is 1. The molecule has 2 rings (SSSR count). The fourth-order valence-electron chi connectivity index (χ4n) is 2.19. The summed E-state index contributed by atoms with van der Waals surface area (Å²) < 4.78 is 12.3. The van der Waals surface area contributed by atoms with Crippen molar-refractivity contribution in [2.75, 3.05) is 5.32 Å². The Kier molecular flexibility index (Phi) is 6.53. The normalized spacial score (nSPS) is 13.3. The quantitative estimate of drug-likeness (QED) is 0.830. The Labute approximate surface area is 140 Å². The highest BCUT2D eigenvalue weighted by molar-refractivity contribution is 7.83. The van der Waals surface area contributed by atoms with Crippen molar-refractivity contribution in [1.29, 1.82) is 0 Å². The van der Waals surface area contributed by atoms with Crippen LogP contribution in [0.4, 0.5) is 5.69 Å². The zero-order valence-electron chi connectivity index (χ0n) is 13.6. The van der Waals surface area contributed by atoms with Gasteiger partial charge in [0.15, 0.2) is 0 Å². The van der Waals surface area contributed by atoms with E-state index >= 15 is 0 Å². The lowest BCUT2D eigenvalue weighted by Crippen LogP contribution is -2.19. The monoisotopic (exact) mass is 329 g/mol. The van der Waals surface area contributed by atoms with Gasteiger partial charge in [-0.15, -0.1) is 0 Å². The van der Waals surface area contributed by atoms with Gasteiger partial charge in [0.1, 0.15) is 0 Å². The maximum atomic E-state index is 12.3. The van der Waals surface area contributed by atoms with Crippen molar-refractivity contribution in [3.8, 4) is 0 Å². The van der Waals surface area contributed by atoms with Crippen LogP contribution in [0.2, 0.25) is 0 Å². The van der Waals surface area contributed by atoms with Crippen LogP contribution in [0.3, 0.4) is 0 Å². The number of carbonyl (C=O) groups excluding carboxylic acids is 1. The van der Waals surface area contributed by atoms with E-state index in [2.05, 4.69) is 5.32 Å². The van der Waals surface area contributed by atoms with Crippen LogP contribution < -0.4 is 5.32 Å². The van der Waals surface area contributed by atoms with Gasteiger partial charge in [-0.3, -0.25) is 9.00 Å². The lowest BCUT2D eigenvalue weighted by molar-refractivity contribution is -0.119. The number of anilines is 1. The summed E-state index contributed by atoms with van der Waals surface area (Å²) >= 11 is 0. The second kappa shape index (κ2) is 8.63. The molecule has 0 fully saturated rings. The molecule has 0 aliphatic rings. The Morgan fingerprint density at radius 3 is 2.39 bits per heavy atom. The molecular formula is C19H23NO2S. The van der Waals surface area contributed by atoms with E-state index in [-0.39, 0.29) is 11.8 Å². The van der Waals surface area contributed by atoms with Gasteiger partial charge in [-0.25, -0.2) is 0 Å². The Morgan fingerprint density at radius 1 is 1.04 bits per heavy atom. The minimum atomic E-state index is -0.966. The van der Waals surface area contributed by atoms with Crippen molar-refractivity contribution < 1.29 is 9.00 Å².